The Hall–Kier alpha value is -2.20. The number of fused-ring (bicyclic) bond motifs is 1. The van der Waals surface area contributed by atoms with Crippen LogP contribution in [0.3, 0.4) is 0 Å². The van der Waals surface area contributed by atoms with Gasteiger partial charge in [0, 0.05) is 23.4 Å². The lowest BCUT2D eigenvalue weighted by Gasteiger charge is -2.19. The van der Waals surface area contributed by atoms with E-state index in [1.807, 2.05) is 30.3 Å². The fourth-order valence-electron chi connectivity index (χ4n) is 2.59. The zero-order chi connectivity index (χ0) is 14.7. The molecule has 21 heavy (non-hydrogen) atoms. The number of nitrogens with one attached hydrogen (secondary N) is 1. The Kier molecular flexibility index (Phi) is 3.97. The second kappa shape index (κ2) is 6.06. The number of aliphatic hydroxyl groups excluding tert-OH is 1. The van der Waals surface area contributed by atoms with Crippen molar-refractivity contribution in [2.75, 3.05) is 11.9 Å². The van der Waals surface area contributed by atoms with Crippen LogP contribution in [0.1, 0.15) is 23.1 Å². The van der Waals surface area contributed by atoms with E-state index in [-0.39, 0.29) is 12.4 Å². The van der Waals surface area contributed by atoms with Crippen LogP contribution in [0.5, 0.6) is 11.5 Å². The van der Waals surface area contributed by atoms with E-state index in [2.05, 4.69) is 5.32 Å². The van der Waals surface area contributed by atoms with Crippen molar-refractivity contribution in [3.05, 3.63) is 53.1 Å². The maximum atomic E-state index is 10.1. The molecule has 2 aromatic rings. The number of aromatic hydroxyl groups is 1. The molecular weight excluding hydrogens is 266 g/mol. The summed E-state index contributed by atoms with van der Waals surface area (Å²) in [6.45, 7) is 1.21. The van der Waals surface area contributed by atoms with Crippen LogP contribution in [0.4, 0.5) is 5.69 Å². The van der Waals surface area contributed by atoms with Gasteiger partial charge in [0.05, 0.1) is 13.2 Å². The lowest BCUT2D eigenvalue weighted by atomic mass is 10.0. The zero-order valence-electron chi connectivity index (χ0n) is 11.8. The minimum Gasteiger partial charge on any atom is -0.508 e. The average Bonchev–Trinajstić information content (AvgIpc) is 2.53. The number of hydrogen-bond acceptors (Lipinski definition) is 4. The van der Waals surface area contributed by atoms with Gasteiger partial charge in [0.1, 0.15) is 11.5 Å². The molecule has 3 rings (SSSR count). The molecule has 2 aromatic carbocycles. The summed E-state index contributed by atoms with van der Waals surface area (Å²) in [6, 6.07) is 11.3. The summed E-state index contributed by atoms with van der Waals surface area (Å²) >= 11 is 0. The van der Waals surface area contributed by atoms with Crippen molar-refractivity contribution in [1.29, 1.82) is 0 Å². The third kappa shape index (κ3) is 2.95. The predicted molar refractivity (Wildman–Crippen MR) is 81.6 cm³/mol. The first-order chi connectivity index (χ1) is 10.3. The van der Waals surface area contributed by atoms with Crippen LogP contribution in [0.2, 0.25) is 0 Å². The molecule has 4 heteroatoms. The molecule has 0 radical (unpaired) electrons. The summed E-state index contributed by atoms with van der Waals surface area (Å²) in [6.07, 6.45) is 1.94. The molecule has 0 saturated heterocycles. The average molecular weight is 285 g/mol. The van der Waals surface area contributed by atoms with Crippen molar-refractivity contribution in [3.8, 4) is 11.5 Å². The maximum absolute atomic E-state index is 10.1. The quantitative estimate of drug-likeness (QED) is 0.808. The molecule has 0 spiro atoms. The molecular formula is C17H19NO3. The van der Waals surface area contributed by atoms with Gasteiger partial charge in [0.15, 0.2) is 0 Å². The molecule has 0 fully saturated rings. The Morgan fingerprint density at radius 3 is 2.86 bits per heavy atom. The van der Waals surface area contributed by atoms with E-state index < -0.39 is 0 Å². The largest absolute Gasteiger partial charge is 0.508 e. The van der Waals surface area contributed by atoms with Crippen molar-refractivity contribution < 1.29 is 14.9 Å². The van der Waals surface area contributed by atoms with Gasteiger partial charge in [0.25, 0.3) is 0 Å². The number of ether oxygens (including phenoxy) is 1. The monoisotopic (exact) mass is 285 g/mol. The molecule has 1 aliphatic heterocycles. The van der Waals surface area contributed by atoms with E-state index in [4.69, 9.17) is 4.74 Å². The van der Waals surface area contributed by atoms with E-state index in [1.54, 1.807) is 6.07 Å². The normalized spacial score (nSPS) is 13.4. The predicted octanol–water partition coefficient (Wildman–Crippen LogP) is 2.82. The van der Waals surface area contributed by atoms with Gasteiger partial charge in [-0.2, -0.15) is 0 Å². The van der Waals surface area contributed by atoms with Gasteiger partial charge in [-0.05, 0) is 36.6 Å². The zero-order valence-corrected chi connectivity index (χ0v) is 11.8. The molecule has 0 saturated carbocycles. The highest BCUT2D eigenvalue weighted by Gasteiger charge is 2.14. The maximum Gasteiger partial charge on any atom is 0.123 e. The lowest BCUT2D eigenvalue weighted by molar-refractivity contribution is 0.282. The second-order valence-electron chi connectivity index (χ2n) is 5.21. The Balaban J connectivity index is 1.79. The molecule has 0 bridgehead atoms. The topological polar surface area (TPSA) is 61.7 Å². The van der Waals surface area contributed by atoms with Gasteiger partial charge in [-0.25, -0.2) is 0 Å². The van der Waals surface area contributed by atoms with Crippen molar-refractivity contribution in [2.45, 2.75) is 26.0 Å². The van der Waals surface area contributed by atoms with Crippen molar-refractivity contribution in [1.82, 2.24) is 0 Å². The van der Waals surface area contributed by atoms with Gasteiger partial charge >= 0.3 is 0 Å². The number of phenolic OH excluding ortho intramolecular Hbond substituents is 1. The van der Waals surface area contributed by atoms with E-state index in [0.29, 0.717) is 6.54 Å². The SMILES string of the molecule is OCc1ccccc1NCc1cc2c(cc1O)CCCO2. The van der Waals surface area contributed by atoms with E-state index in [1.165, 1.54) is 0 Å². The van der Waals surface area contributed by atoms with E-state index >= 15 is 0 Å². The number of phenols is 1. The van der Waals surface area contributed by atoms with E-state index in [0.717, 1.165) is 47.6 Å². The van der Waals surface area contributed by atoms with Gasteiger partial charge < -0.3 is 20.3 Å². The Morgan fingerprint density at radius 1 is 1.14 bits per heavy atom. The van der Waals surface area contributed by atoms with Crippen LogP contribution < -0.4 is 10.1 Å². The molecule has 110 valence electrons. The van der Waals surface area contributed by atoms with Crippen LogP contribution in [0.25, 0.3) is 0 Å². The molecule has 0 atom stereocenters. The first-order valence-corrected chi connectivity index (χ1v) is 7.18. The van der Waals surface area contributed by atoms with Crippen LogP contribution in [0.15, 0.2) is 36.4 Å². The number of anilines is 1. The molecule has 3 N–H and O–H groups in total. The van der Waals surface area contributed by atoms with E-state index in [9.17, 15) is 10.2 Å². The minimum absolute atomic E-state index is 0.0115. The Labute approximate surface area is 124 Å². The first-order valence-electron chi connectivity index (χ1n) is 7.18. The third-order valence-corrected chi connectivity index (χ3v) is 3.77. The molecule has 4 nitrogen and oxygen atoms in total. The standard InChI is InChI=1S/C17H19NO3/c19-11-13-4-1-2-6-15(13)18-10-14-9-17-12(8-16(14)20)5-3-7-21-17/h1-2,4,6,8-9,18-20H,3,5,7,10-11H2. The molecule has 0 aromatic heterocycles. The minimum atomic E-state index is -0.0115. The highest BCUT2D eigenvalue weighted by atomic mass is 16.5. The summed E-state index contributed by atoms with van der Waals surface area (Å²) in [5, 5.41) is 22.7. The molecule has 0 amide bonds. The Bertz CT molecular complexity index is 640. The third-order valence-electron chi connectivity index (χ3n) is 3.77. The molecule has 1 heterocycles. The molecule has 0 aliphatic carbocycles. The summed E-state index contributed by atoms with van der Waals surface area (Å²) in [5.74, 6) is 1.15. The number of benzene rings is 2. The highest BCUT2D eigenvalue weighted by Crippen LogP contribution is 2.32. The molecule has 1 aliphatic rings. The van der Waals surface area contributed by atoms with Gasteiger partial charge in [-0.3, -0.25) is 0 Å². The summed E-state index contributed by atoms with van der Waals surface area (Å²) in [7, 11) is 0. The summed E-state index contributed by atoms with van der Waals surface area (Å²) in [5.41, 5.74) is 3.57. The smallest absolute Gasteiger partial charge is 0.123 e. The molecule has 0 unspecified atom stereocenters. The second-order valence-corrected chi connectivity index (χ2v) is 5.21. The van der Waals surface area contributed by atoms with Crippen LogP contribution in [0, 0.1) is 0 Å². The lowest BCUT2D eigenvalue weighted by Crippen LogP contribution is -2.10. The van der Waals surface area contributed by atoms with Crippen molar-refractivity contribution >= 4 is 5.69 Å². The first kappa shape index (κ1) is 13.8. The summed E-state index contributed by atoms with van der Waals surface area (Å²) in [4.78, 5) is 0. The number of para-hydroxylation sites is 1. The fourth-order valence-corrected chi connectivity index (χ4v) is 2.59. The van der Waals surface area contributed by atoms with Crippen molar-refractivity contribution in [2.24, 2.45) is 0 Å². The van der Waals surface area contributed by atoms with Gasteiger partial charge in [0.2, 0.25) is 0 Å². The van der Waals surface area contributed by atoms with Crippen LogP contribution >= 0.6 is 0 Å². The summed E-state index contributed by atoms with van der Waals surface area (Å²) < 4.78 is 5.64. The Morgan fingerprint density at radius 2 is 2.00 bits per heavy atom. The van der Waals surface area contributed by atoms with Crippen LogP contribution in [-0.4, -0.2) is 16.8 Å². The fraction of sp³-hybridized carbons (Fsp3) is 0.294. The number of aryl methyl sites for hydroxylation is 1. The van der Waals surface area contributed by atoms with Gasteiger partial charge in [-0.15, -0.1) is 0 Å². The highest BCUT2D eigenvalue weighted by molar-refractivity contribution is 5.53. The van der Waals surface area contributed by atoms with Crippen molar-refractivity contribution in [3.63, 3.8) is 0 Å². The van der Waals surface area contributed by atoms with Gasteiger partial charge in [-0.1, -0.05) is 18.2 Å². The number of rotatable bonds is 4. The number of aliphatic hydroxyl groups is 1. The number of hydrogen-bond donors (Lipinski definition) is 3. The van der Waals surface area contributed by atoms with Crippen LogP contribution in [-0.2, 0) is 19.6 Å².